The summed E-state index contributed by atoms with van der Waals surface area (Å²) in [6.07, 6.45) is 0. The number of piperazine rings is 1. The molecule has 0 aromatic heterocycles. The fourth-order valence-corrected chi connectivity index (χ4v) is 1.48. The van der Waals surface area contributed by atoms with Gasteiger partial charge in [0.1, 0.15) is 0 Å². The molecule has 0 atom stereocenters. The van der Waals surface area contributed by atoms with Crippen molar-refractivity contribution in [2.75, 3.05) is 66.7 Å². The number of hydrogen-bond acceptors (Lipinski definition) is 5. The van der Waals surface area contributed by atoms with Crippen LogP contribution in [0.15, 0.2) is 0 Å². The second-order valence-corrected chi connectivity index (χ2v) is 3.80. The Bertz CT molecular complexity index is 150. The highest BCUT2D eigenvalue weighted by atomic mass is 16.5. The zero-order chi connectivity index (χ0) is 10.9. The maximum absolute atomic E-state index is 5.36. The molecule has 15 heavy (non-hydrogen) atoms. The predicted octanol–water partition coefficient (Wildman–Crippen LogP) is -0.599. The average Bonchev–Trinajstić information content (AvgIpc) is 2.26. The highest BCUT2D eigenvalue weighted by molar-refractivity contribution is 4.65. The molecule has 0 amide bonds. The Labute approximate surface area is 92.3 Å². The highest BCUT2D eigenvalue weighted by Crippen LogP contribution is 1.94. The van der Waals surface area contributed by atoms with Gasteiger partial charge in [-0.2, -0.15) is 0 Å². The lowest BCUT2D eigenvalue weighted by Gasteiger charge is -2.32. The van der Waals surface area contributed by atoms with Crippen molar-refractivity contribution in [2.45, 2.75) is 0 Å². The number of likely N-dealkylation sites (N-methyl/N-ethyl adjacent to an activating group) is 1. The summed E-state index contributed by atoms with van der Waals surface area (Å²) in [5, 5.41) is 2.26. The number of nitrogens with one attached hydrogen (secondary N) is 1. The first-order valence-electron chi connectivity index (χ1n) is 5.56. The third-order valence-corrected chi connectivity index (χ3v) is 2.52. The molecule has 1 heterocycles. The van der Waals surface area contributed by atoms with Gasteiger partial charge in [0.2, 0.25) is 0 Å². The molecule has 0 aromatic rings. The summed E-state index contributed by atoms with van der Waals surface area (Å²) in [6, 6.07) is 0. The minimum Gasteiger partial charge on any atom is -0.382 e. The van der Waals surface area contributed by atoms with Gasteiger partial charge >= 0.3 is 0 Å². The average molecular weight is 217 g/mol. The van der Waals surface area contributed by atoms with E-state index in [1.807, 2.05) is 0 Å². The Kier molecular flexibility index (Phi) is 6.87. The van der Waals surface area contributed by atoms with Gasteiger partial charge in [0, 0.05) is 39.8 Å². The van der Waals surface area contributed by atoms with Gasteiger partial charge in [-0.05, 0) is 7.05 Å². The molecule has 1 aliphatic rings. The van der Waals surface area contributed by atoms with Crippen LogP contribution < -0.4 is 5.43 Å². The summed E-state index contributed by atoms with van der Waals surface area (Å²) >= 11 is 0. The summed E-state index contributed by atoms with van der Waals surface area (Å²) in [7, 11) is 3.84. The number of nitrogens with zero attached hydrogens (tertiary/aromatic N) is 2. The van der Waals surface area contributed by atoms with Gasteiger partial charge in [-0.3, -0.25) is 5.43 Å². The van der Waals surface area contributed by atoms with Crippen molar-refractivity contribution in [1.29, 1.82) is 0 Å². The highest BCUT2D eigenvalue weighted by Gasteiger charge is 2.12. The van der Waals surface area contributed by atoms with Crippen molar-refractivity contribution in [3.05, 3.63) is 0 Å². The van der Waals surface area contributed by atoms with E-state index in [0.29, 0.717) is 13.2 Å². The van der Waals surface area contributed by atoms with E-state index in [-0.39, 0.29) is 0 Å². The summed E-state index contributed by atoms with van der Waals surface area (Å²) < 4.78 is 10.3. The van der Waals surface area contributed by atoms with E-state index in [9.17, 15) is 0 Å². The van der Waals surface area contributed by atoms with Crippen LogP contribution in [-0.4, -0.2) is 76.6 Å². The Balaban J connectivity index is 1.87. The molecule has 0 radical (unpaired) electrons. The lowest BCUT2D eigenvalue weighted by molar-refractivity contribution is 0.0516. The number of methoxy groups -OCH3 is 1. The van der Waals surface area contributed by atoms with E-state index in [1.54, 1.807) is 7.11 Å². The molecule has 5 nitrogen and oxygen atoms in total. The summed E-state index contributed by atoms with van der Waals surface area (Å²) in [6.45, 7) is 7.44. The summed E-state index contributed by atoms with van der Waals surface area (Å²) in [5.41, 5.74) is 3.36. The van der Waals surface area contributed by atoms with Crippen LogP contribution in [0, 0.1) is 0 Å². The third kappa shape index (κ3) is 6.06. The molecule has 5 heteroatoms. The van der Waals surface area contributed by atoms with Crippen molar-refractivity contribution in [3.8, 4) is 0 Å². The van der Waals surface area contributed by atoms with Gasteiger partial charge < -0.3 is 14.4 Å². The minimum atomic E-state index is 0.675. The van der Waals surface area contributed by atoms with Crippen molar-refractivity contribution in [1.82, 2.24) is 15.3 Å². The second kappa shape index (κ2) is 8.01. The molecule has 0 aliphatic carbocycles. The van der Waals surface area contributed by atoms with Crippen LogP contribution in [0.5, 0.6) is 0 Å². The molecule has 1 N–H and O–H groups in total. The monoisotopic (exact) mass is 217 g/mol. The SMILES string of the molecule is COCCOCCNN1CCN(C)CC1. The van der Waals surface area contributed by atoms with Gasteiger partial charge in [-0.15, -0.1) is 0 Å². The molecule has 0 aromatic carbocycles. The zero-order valence-electron chi connectivity index (χ0n) is 9.87. The standard InChI is InChI=1S/C10H23N3O2/c1-12-4-6-13(7-5-12)11-3-8-15-10-9-14-2/h11H,3-10H2,1-2H3. The van der Waals surface area contributed by atoms with E-state index >= 15 is 0 Å². The summed E-state index contributed by atoms with van der Waals surface area (Å²) in [4.78, 5) is 2.34. The Morgan fingerprint density at radius 2 is 1.80 bits per heavy atom. The number of hydrazine groups is 1. The predicted molar refractivity (Wildman–Crippen MR) is 59.8 cm³/mol. The van der Waals surface area contributed by atoms with Crippen LogP contribution in [-0.2, 0) is 9.47 Å². The maximum atomic E-state index is 5.36. The van der Waals surface area contributed by atoms with Crippen molar-refractivity contribution in [3.63, 3.8) is 0 Å². The van der Waals surface area contributed by atoms with Gasteiger partial charge in [-0.25, -0.2) is 5.01 Å². The molecule has 0 saturated carbocycles. The van der Waals surface area contributed by atoms with Crippen molar-refractivity contribution >= 4 is 0 Å². The number of rotatable bonds is 7. The molecule has 0 spiro atoms. The number of ether oxygens (including phenoxy) is 2. The Morgan fingerprint density at radius 1 is 1.07 bits per heavy atom. The molecular weight excluding hydrogens is 194 g/mol. The minimum absolute atomic E-state index is 0.675. The summed E-state index contributed by atoms with van der Waals surface area (Å²) in [5.74, 6) is 0. The van der Waals surface area contributed by atoms with Gasteiger partial charge in [0.15, 0.2) is 0 Å². The topological polar surface area (TPSA) is 37.0 Å². The first-order chi connectivity index (χ1) is 7.33. The van der Waals surface area contributed by atoms with Crippen LogP contribution in [0.3, 0.4) is 0 Å². The van der Waals surface area contributed by atoms with Crippen LogP contribution in [0.4, 0.5) is 0 Å². The maximum Gasteiger partial charge on any atom is 0.0700 e. The Hall–Kier alpha value is -0.200. The quantitative estimate of drug-likeness (QED) is 0.576. The van der Waals surface area contributed by atoms with E-state index in [1.165, 1.54) is 0 Å². The van der Waals surface area contributed by atoms with Crippen molar-refractivity contribution in [2.24, 2.45) is 0 Å². The largest absolute Gasteiger partial charge is 0.382 e. The normalized spacial score (nSPS) is 19.6. The smallest absolute Gasteiger partial charge is 0.0700 e. The molecule has 90 valence electrons. The second-order valence-electron chi connectivity index (χ2n) is 3.80. The van der Waals surface area contributed by atoms with E-state index in [0.717, 1.165) is 39.3 Å². The van der Waals surface area contributed by atoms with E-state index < -0.39 is 0 Å². The van der Waals surface area contributed by atoms with Crippen LogP contribution >= 0.6 is 0 Å². The van der Waals surface area contributed by atoms with Crippen LogP contribution in [0.1, 0.15) is 0 Å². The lowest BCUT2D eigenvalue weighted by atomic mass is 10.4. The van der Waals surface area contributed by atoms with Crippen LogP contribution in [0.25, 0.3) is 0 Å². The van der Waals surface area contributed by atoms with Crippen molar-refractivity contribution < 1.29 is 9.47 Å². The van der Waals surface area contributed by atoms with Gasteiger partial charge in [0.05, 0.1) is 19.8 Å². The van der Waals surface area contributed by atoms with Crippen LogP contribution in [0.2, 0.25) is 0 Å². The van der Waals surface area contributed by atoms with Gasteiger partial charge in [0.25, 0.3) is 0 Å². The molecule has 1 fully saturated rings. The molecule has 1 saturated heterocycles. The molecule has 1 aliphatic heterocycles. The molecule has 1 rings (SSSR count). The molecular formula is C10H23N3O2. The molecule has 0 bridgehead atoms. The first-order valence-corrected chi connectivity index (χ1v) is 5.56. The first kappa shape index (κ1) is 12.9. The fourth-order valence-electron chi connectivity index (χ4n) is 1.48. The van der Waals surface area contributed by atoms with Gasteiger partial charge in [-0.1, -0.05) is 0 Å². The number of hydrogen-bond donors (Lipinski definition) is 1. The van der Waals surface area contributed by atoms with E-state index in [4.69, 9.17) is 9.47 Å². The lowest BCUT2D eigenvalue weighted by Crippen LogP contribution is -2.51. The molecule has 0 unspecified atom stereocenters. The van der Waals surface area contributed by atoms with E-state index in [2.05, 4.69) is 22.4 Å². The zero-order valence-corrected chi connectivity index (χ0v) is 9.87. The Morgan fingerprint density at radius 3 is 2.47 bits per heavy atom. The third-order valence-electron chi connectivity index (χ3n) is 2.52. The fraction of sp³-hybridized carbons (Fsp3) is 1.00.